The fraction of sp³-hybridized carbons (Fsp3) is 0.0625. The minimum atomic E-state index is 0.408. The van der Waals surface area contributed by atoms with Gasteiger partial charge >= 0.3 is 0 Å². The van der Waals surface area contributed by atoms with Gasteiger partial charge in [-0.1, -0.05) is 18.2 Å². The van der Waals surface area contributed by atoms with Crippen LogP contribution >= 0.6 is 0 Å². The first-order valence-corrected chi connectivity index (χ1v) is 6.55. The van der Waals surface area contributed by atoms with Crippen molar-refractivity contribution in [1.29, 1.82) is 5.26 Å². The van der Waals surface area contributed by atoms with Crippen LogP contribution in [0.5, 0.6) is 0 Å². The Bertz CT molecular complexity index is 771. The van der Waals surface area contributed by atoms with Crippen molar-refractivity contribution in [3.05, 3.63) is 72.2 Å². The molecule has 2 heterocycles. The Morgan fingerprint density at radius 1 is 1.14 bits per heavy atom. The van der Waals surface area contributed by atoms with Gasteiger partial charge in [0.2, 0.25) is 0 Å². The molecule has 3 aromatic rings. The lowest BCUT2D eigenvalue weighted by atomic mass is 10.2. The van der Waals surface area contributed by atoms with Crippen molar-refractivity contribution in [2.24, 2.45) is 0 Å². The topological polar surface area (TPSA) is 66.5 Å². The summed E-state index contributed by atoms with van der Waals surface area (Å²) in [4.78, 5) is 4.19. The summed E-state index contributed by atoms with van der Waals surface area (Å²) in [6, 6.07) is 17.4. The van der Waals surface area contributed by atoms with Crippen LogP contribution in [0.1, 0.15) is 11.3 Å². The number of nitrogens with zero attached hydrogens (tertiary/aromatic N) is 4. The monoisotopic (exact) mass is 275 g/mol. The summed E-state index contributed by atoms with van der Waals surface area (Å²) in [6.07, 6.45) is 3.66. The van der Waals surface area contributed by atoms with E-state index in [0.29, 0.717) is 18.1 Å². The van der Waals surface area contributed by atoms with Crippen LogP contribution in [0, 0.1) is 11.3 Å². The molecule has 3 rings (SSSR count). The molecule has 0 fully saturated rings. The van der Waals surface area contributed by atoms with Crippen molar-refractivity contribution in [3.63, 3.8) is 0 Å². The summed E-state index contributed by atoms with van der Waals surface area (Å²) < 4.78 is 1.82. The van der Waals surface area contributed by atoms with Gasteiger partial charge in [-0.3, -0.25) is 0 Å². The largest absolute Gasteiger partial charge is 0.366 e. The van der Waals surface area contributed by atoms with Gasteiger partial charge in [0.05, 0.1) is 5.69 Å². The van der Waals surface area contributed by atoms with Gasteiger partial charge in [0.1, 0.15) is 17.6 Å². The number of aromatic nitrogens is 3. The van der Waals surface area contributed by atoms with E-state index in [-0.39, 0.29) is 0 Å². The number of hydrogen-bond acceptors (Lipinski definition) is 4. The summed E-state index contributed by atoms with van der Waals surface area (Å²) in [5.74, 6) is 0.693. The summed E-state index contributed by atoms with van der Waals surface area (Å²) in [5.41, 5.74) is 2.54. The molecule has 1 N–H and O–H groups in total. The van der Waals surface area contributed by atoms with E-state index >= 15 is 0 Å². The average Bonchev–Trinajstić information content (AvgIpc) is 3.08. The van der Waals surface area contributed by atoms with Crippen molar-refractivity contribution < 1.29 is 0 Å². The van der Waals surface area contributed by atoms with Crippen molar-refractivity contribution in [3.8, 4) is 11.8 Å². The van der Waals surface area contributed by atoms with E-state index < -0.39 is 0 Å². The number of hydrogen-bond donors (Lipinski definition) is 1. The third-order valence-corrected chi connectivity index (χ3v) is 3.02. The first kappa shape index (κ1) is 12.9. The molecule has 0 saturated carbocycles. The second-order valence-corrected chi connectivity index (χ2v) is 4.49. The maximum Gasteiger partial charge on any atom is 0.142 e. The Morgan fingerprint density at radius 2 is 2.05 bits per heavy atom. The Kier molecular flexibility index (Phi) is 3.61. The number of anilines is 1. The fourth-order valence-electron chi connectivity index (χ4n) is 2.02. The van der Waals surface area contributed by atoms with Gasteiger partial charge in [-0.15, -0.1) is 0 Å². The third-order valence-electron chi connectivity index (χ3n) is 3.02. The van der Waals surface area contributed by atoms with Crippen LogP contribution in [0.15, 0.2) is 60.9 Å². The lowest BCUT2D eigenvalue weighted by molar-refractivity contribution is 0.877. The Balaban J connectivity index is 1.73. The molecule has 5 nitrogen and oxygen atoms in total. The van der Waals surface area contributed by atoms with E-state index in [4.69, 9.17) is 5.26 Å². The minimum Gasteiger partial charge on any atom is -0.366 e. The standard InChI is InChI=1S/C16H13N5/c17-11-14-5-2-7-16(20-14)18-12-13-4-1-6-15(10-13)21-9-3-8-19-21/h1-10H,12H2,(H,18,20). The van der Waals surface area contributed by atoms with E-state index in [9.17, 15) is 0 Å². The smallest absolute Gasteiger partial charge is 0.142 e. The molecule has 102 valence electrons. The minimum absolute atomic E-state index is 0.408. The Hall–Kier alpha value is -3.13. The molecule has 0 radical (unpaired) electrons. The number of nitrogens with one attached hydrogen (secondary N) is 1. The zero-order chi connectivity index (χ0) is 14.5. The number of nitriles is 1. The van der Waals surface area contributed by atoms with E-state index in [0.717, 1.165) is 11.3 Å². The van der Waals surface area contributed by atoms with Gasteiger partial charge < -0.3 is 5.32 Å². The molecule has 0 aliphatic rings. The lowest BCUT2D eigenvalue weighted by Crippen LogP contribution is -2.03. The first-order chi connectivity index (χ1) is 10.3. The quantitative estimate of drug-likeness (QED) is 0.795. The molecule has 0 aliphatic carbocycles. The normalized spacial score (nSPS) is 10.0. The Morgan fingerprint density at radius 3 is 2.86 bits per heavy atom. The highest BCUT2D eigenvalue weighted by Gasteiger charge is 2.00. The van der Waals surface area contributed by atoms with Crippen LogP contribution in [0.4, 0.5) is 5.82 Å². The van der Waals surface area contributed by atoms with Gasteiger partial charge in [-0.25, -0.2) is 9.67 Å². The van der Waals surface area contributed by atoms with E-state index in [1.807, 2.05) is 53.3 Å². The molecule has 0 bridgehead atoms. The highest BCUT2D eigenvalue weighted by Crippen LogP contribution is 2.12. The SMILES string of the molecule is N#Cc1cccc(NCc2cccc(-n3cccn3)c2)n1. The molecule has 1 aromatic carbocycles. The highest BCUT2D eigenvalue weighted by atomic mass is 15.3. The van der Waals surface area contributed by atoms with Crippen molar-refractivity contribution in [2.75, 3.05) is 5.32 Å². The van der Waals surface area contributed by atoms with Gasteiger partial charge in [0.15, 0.2) is 0 Å². The van der Waals surface area contributed by atoms with Gasteiger partial charge in [-0.05, 0) is 35.9 Å². The third kappa shape index (κ3) is 3.07. The van der Waals surface area contributed by atoms with Crippen LogP contribution < -0.4 is 5.32 Å². The maximum atomic E-state index is 8.84. The van der Waals surface area contributed by atoms with Crippen molar-refractivity contribution in [1.82, 2.24) is 14.8 Å². The van der Waals surface area contributed by atoms with Crippen LogP contribution in [0.25, 0.3) is 5.69 Å². The molecule has 5 heteroatoms. The van der Waals surface area contributed by atoms with Crippen molar-refractivity contribution >= 4 is 5.82 Å². The van der Waals surface area contributed by atoms with Crippen LogP contribution in [0.3, 0.4) is 0 Å². The number of benzene rings is 1. The molecular weight excluding hydrogens is 262 g/mol. The second-order valence-electron chi connectivity index (χ2n) is 4.49. The second kappa shape index (κ2) is 5.88. The molecule has 21 heavy (non-hydrogen) atoms. The predicted octanol–water partition coefficient (Wildman–Crippen LogP) is 2.75. The number of rotatable bonds is 4. The molecule has 0 atom stereocenters. The van der Waals surface area contributed by atoms with Gasteiger partial charge in [0.25, 0.3) is 0 Å². The van der Waals surface area contributed by atoms with Gasteiger partial charge in [0, 0.05) is 18.9 Å². The Labute approximate surface area is 122 Å². The zero-order valence-electron chi connectivity index (χ0n) is 11.3. The zero-order valence-corrected chi connectivity index (χ0v) is 11.3. The molecule has 0 saturated heterocycles. The van der Waals surface area contributed by atoms with E-state index in [1.165, 1.54) is 0 Å². The lowest BCUT2D eigenvalue weighted by Gasteiger charge is -2.08. The highest BCUT2D eigenvalue weighted by molar-refractivity contribution is 5.41. The van der Waals surface area contributed by atoms with Crippen LogP contribution in [0.2, 0.25) is 0 Å². The maximum absolute atomic E-state index is 8.84. The molecule has 0 amide bonds. The molecule has 2 aromatic heterocycles. The summed E-state index contributed by atoms with van der Waals surface area (Å²) >= 11 is 0. The number of pyridine rings is 1. The van der Waals surface area contributed by atoms with Gasteiger partial charge in [-0.2, -0.15) is 10.4 Å². The summed E-state index contributed by atoms with van der Waals surface area (Å²) in [7, 11) is 0. The fourth-order valence-corrected chi connectivity index (χ4v) is 2.02. The summed E-state index contributed by atoms with van der Waals surface area (Å²) in [6.45, 7) is 0.636. The van der Waals surface area contributed by atoms with Crippen LogP contribution in [-0.4, -0.2) is 14.8 Å². The first-order valence-electron chi connectivity index (χ1n) is 6.55. The average molecular weight is 275 g/mol. The van der Waals surface area contributed by atoms with E-state index in [1.54, 1.807) is 12.3 Å². The van der Waals surface area contributed by atoms with E-state index in [2.05, 4.69) is 21.5 Å². The van der Waals surface area contributed by atoms with Crippen LogP contribution in [-0.2, 0) is 6.54 Å². The summed E-state index contributed by atoms with van der Waals surface area (Å²) in [5, 5.41) is 16.3. The molecular formula is C16H13N5. The van der Waals surface area contributed by atoms with Crippen molar-refractivity contribution in [2.45, 2.75) is 6.54 Å². The predicted molar refractivity (Wildman–Crippen MR) is 79.8 cm³/mol. The molecule has 0 aliphatic heterocycles. The molecule has 0 unspecified atom stereocenters. The molecule has 0 spiro atoms.